The molecule has 0 bridgehead atoms. The summed E-state index contributed by atoms with van der Waals surface area (Å²) in [5, 5.41) is 21.5. The van der Waals surface area contributed by atoms with Crippen LogP contribution in [-0.2, 0) is 14.4 Å². The van der Waals surface area contributed by atoms with Gasteiger partial charge in [-0.05, 0) is 53.6 Å². The van der Waals surface area contributed by atoms with E-state index < -0.39 is 23.7 Å². The predicted molar refractivity (Wildman–Crippen MR) is 152 cm³/mol. The Labute approximate surface area is 234 Å². The van der Waals surface area contributed by atoms with E-state index in [9.17, 15) is 19.5 Å². The van der Waals surface area contributed by atoms with Crippen LogP contribution >= 0.6 is 11.3 Å². The number of primary amides is 1. The number of amides is 2. The van der Waals surface area contributed by atoms with Crippen LogP contribution in [0.2, 0.25) is 0 Å². The van der Waals surface area contributed by atoms with Gasteiger partial charge in [0.1, 0.15) is 10.8 Å². The van der Waals surface area contributed by atoms with E-state index in [2.05, 4.69) is 10.3 Å². The van der Waals surface area contributed by atoms with E-state index in [1.165, 1.54) is 6.08 Å². The lowest BCUT2D eigenvalue weighted by Crippen LogP contribution is -2.35. The standard InChI is InChI=1S/C29H28N4O6S/c30-24(35)12-5-18-3-6-21(7-4-18)28-27(33-29(40-28)23-2-1-13-31-23)20-8-10-22(11-9-20)39-17-25(36)32-15-19(16-34)14-26(37)38/h1-13,19,31,34H,14-17H2,(H2,30,35)(H,32,36)(H,37,38)/b12-5+. The summed E-state index contributed by atoms with van der Waals surface area (Å²) in [5.74, 6) is -2.05. The first-order valence-electron chi connectivity index (χ1n) is 12.4. The number of hydrogen-bond acceptors (Lipinski definition) is 7. The zero-order chi connectivity index (χ0) is 28.5. The third kappa shape index (κ3) is 7.65. The molecule has 6 N–H and O–H groups in total. The summed E-state index contributed by atoms with van der Waals surface area (Å²) >= 11 is 1.55. The highest BCUT2D eigenvalue weighted by molar-refractivity contribution is 7.18. The van der Waals surface area contributed by atoms with Crippen LogP contribution in [-0.4, -0.2) is 57.7 Å². The number of thiazole rings is 1. The van der Waals surface area contributed by atoms with Crippen molar-refractivity contribution >= 4 is 35.2 Å². The first kappa shape index (κ1) is 28.3. The fraction of sp³-hybridized carbons (Fsp3) is 0.172. The highest BCUT2D eigenvalue weighted by Gasteiger charge is 2.17. The van der Waals surface area contributed by atoms with Crippen molar-refractivity contribution in [3.63, 3.8) is 0 Å². The maximum atomic E-state index is 12.1. The van der Waals surface area contributed by atoms with E-state index in [0.717, 1.165) is 38.0 Å². The lowest BCUT2D eigenvalue weighted by atomic mass is 10.0. The van der Waals surface area contributed by atoms with Gasteiger partial charge in [0, 0.05) is 36.9 Å². The van der Waals surface area contributed by atoms with Gasteiger partial charge in [-0.25, -0.2) is 4.98 Å². The van der Waals surface area contributed by atoms with Gasteiger partial charge >= 0.3 is 5.97 Å². The average Bonchev–Trinajstić information content (AvgIpc) is 3.64. The lowest BCUT2D eigenvalue weighted by Gasteiger charge is -2.13. The van der Waals surface area contributed by atoms with Crippen LogP contribution < -0.4 is 15.8 Å². The maximum absolute atomic E-state index is 12.1. The molecule has 10 nitrogen and oxygen atoms in total. The van der Waals surface area contributed by atoms with Crippen molar-refractivity contribution in [2.75, 3.05) is 19.8 Å². The molecule has 0 aliphatic carbocycles. The van der Waals surface area contributed by atoms with Crippen molar-refractivity contribution in [2.24, 2.45) is 11.7 Å². The number of ether oxygens (including phenoxy) is 1. The fourth-order valence-electron chi connectivity index (χ4n) is 3.83. The number of nitrogens with two attached hydrogens (primary N) is 1. The summed E-state index contributed by atoms with van der Waals surface area (Å²) in [6.45, 7) is -0.544. The number of hydrogen-bond donors (Lipinski definition) is 5. The molecule has 0 saturated carbocycles. The van der Waals surface area contributed by atoms with Crippen LogP contribution in [0, 0.1) is 5.92 Å². The SMILES string of the molecule is NC(=O)/C=C/c1ccc(-c2sc(-c3ccc[nH]3)nc2-c2ccc(OCC(=O)NCC(CO)CC(=O)O)cc2)cc1. The smallest absolute Gasteiger partial charge is 0.303 e. The van der Waals surface area contributed by atoms with Gasteiger partial charge in [0.05, 0.1) is 22.7 Å². The Morgan fingerprint density at radius 1 is 1.07 bits per heavy atom. The topological polar surface area (TPSA) is 168 Å². The van der Waals surface area contributed by atoms with E-state index >= 15 is 0 Å². The number of carbonyl (C=O) groups is 3. The van der Waals surface area contributed by atoms with Gasteiger partial charge < -0.3 is 31.0 Å². The second-order valence-corrected chi connectivity index (χ2v) is 9.90. The van der Waals surface area contributed by atoms with E-state index in [1.807, 2.05) is 54.7 Å². The molecule has 1 atom stereocenters. The molecule has 0 aliphatic rings. The number of H-pyrrole nitrogens is 1. The molecule has 0 fully saturated rings. The zero-order valence-electron chi connectivity index (χ0n) is 21.4. The second-order valence-electron chi connectivity index (χ2n) is 8.90. The van der Waals surface area contributed by atoms with Gasteiger partial charge in [0.25, 0.3) is 5.91 Å². The van der Waals surface area contributed by atoms with E-state index in [0.29, 0.717) is 5.75 Å². The summed E-state index contributed by atoms with van der Waals surface area (Å²) in [6, 6.07) is 18.8. The Kier molecular flexibility index (Phi) is 9.44. The molecule has 2 aromatic heterocycles. The quantitative estimate of drug-likeness (QED) is 0.156. The molecule has 1 unspecified atom stereocenters. The first-order chi connectivity index (χ1) is 19.3. The number of aliphatic hydroxyl groups excluding tert-OH is 1. The van der Waals surface area contributed by atoms with E-state index in [1.54, 1.807) is 29.5 Å². The lowest BCUT2D eigenvalue weighted by molar-refractivity contribution is -0.138. The van der Waals surface area contributed by atoms with Crippen molar-refractivity contribution in [2.45, 2.75) is 6.42 Å². The predicted octanol–water partition coefficient (Wildman–Crippen LogP) is 3.55. The number of aliphatic hydroxyl groups is 1. The Bertz CT molecular complexity index is 1480. The Morgan fingerprint density at radius 3 is 2.42 bits per heavy atom. The maximum Gasteiger partial charge on any atom is 0.303 e. The van der Waals surface area contributed by atoms with Crippen molar-refractivity contribution in [3.8, 4) is 38.1 Å². The normalized spacial score (nSPS) is 11.8. The van der Waals surface area contributed by atoms with Gasteiger partial charge in [-0.3, -0.25) is 14.4 Å². The molecule has 0 aliphatic heterocycles. The van der Waals surface area contributed by atoms with E-state index in [-0.39, 0.29) is 26.2 Å². The molecule has 2 aromatic carbocycles. The van der Waals surface area contributed by atoms with Crippen LogP contribution in [0.1, 0.15) is 12.0 Å². The molecule has 0 saturated heterocycles. The second kappa shape index (κ2) is 13.4. The van der Waals surface area contributed by atoms with Crippen LogP contribution in [0.5, 0.6) is 5.75 Å². The highest BCUT2D eigenvalue weighted by atomic mass is 32.1. The summed E-state index contributed by atoms with van der Waals surface area (Å²) in [6.07, 6.45) is 4.58. The third-order valence-corrected chi connectivity index (χ3v) is 7.01. The molecule has 40 heavy (non-hydrogen) atoms. The summed E-state index contributed by atoms with van der Waals surface area (Å²) in [7, 11) is 0. The molecule has 0 spiro atoms. The number of rotatable bonds is 13. The van der Waals surface area contributed by atoms with Crippen LogP contribution in [0.15, 0.2) is 72.9 Å². The average molecular weight is 561 g/mol. The number of nitrogens with one attached hydrogen (secondary N) is 2. The number of aromatic nitrogens is 2. The molecule has 2 amide bonds. The van der Waals surface area contributed by atoms with Gasteiger partial charge in [-0.15, -0.1) is 11.3 Å². The van der Waals surface area contributed by atoms with Gasteiger partial charge in [-0.1, -0.05) is 24.3 Å². The van der Waals surface area contributed by atoms with Crippen LogP contribution in [0.25, 0.3) is 38.5 Å². The molecule has 11 heteroatoms. The molecule has 0 radical (unpaired) electrons. The molecule has 2 heterocycles. The van der Waals surface area contributed by atoms with Gasteiger partial charge in [-0.2, -0.15) is 0 Å². The van der Waals surface area contributed by atoms with Gasteiger partial charge in [0.2, 0.25) is 5.91 Å². The summed E-state index contributed by atoms with van der Waals surface area (Å²) < 4.78 is 5.58. The van der Waals surface area contributed by atoms with Crippen LogP contribution in [0.3, 0.4) is 0 Å². The molecular formula is C29H28N4O6S. The van der Waals surface area contributed by atoms with Crippen molar-refractivity contribution in [3.05, 3.63) is 78.5 Å². The minimum Gasteiger partial charge on any atom is -0.484 e. The number of aromatic amines is 1. The molecule has 4 rings (SSSR count). The first-order valence-corrected chi connectivity index (χ1v) is 13.2. The number of carboxylic acid groups (broad SMARTS) is 1. The minimum atomic E-state index is -1.04. The Morgan fingerprint density at radius 2 is 1.80 bits per heavy atom. The monoisotopic (exact) mass is 560 g/mol. The summed E-state index contributed by atoms with van der Waals surface area (Å²) in [5.41, 5.74) is 9.54. The zero-order valence-corrected chi connectivity index (χ0v) is 22.2. The van der Waals surface area contributed by atoms with Crippen molar-refractivity contribution in [1.29, 1.82) is 0 Å². The summed E-state index contributed by atoms with van der Waals surface area (Å²) in [4.78, 5) is 43.0. The van der Waals surface area contributed by atoms with Crippen molar-refractivity contribution < 1.29 is 29.3 Å². The molecule has 206 valence electrons. The van der Waals surface area contributed by atoms with Crippen LogP contribution in [0.4, 0.5) is 0 Å². The third-order valence-electron chi connectivity index (χ3n) is 5.88. The Hall–Kier alpha value is -4.74. The van der Waals surface area contributed by atoms with Crippen molar-refractivity contribution in [1.82, 2.24) is 15.3 Å². The van der Waals surface area contributed by atoms with Gasteiger partial charge in [0.15, 0.2) is 6.61 Å². The largest absolute Gasteiger partial charge is 0.484 e. The number of aliphatic carboxylic acids is 1. The Balaban J connectivity index is 1.48. The number of benzene rings is 2. The van der Waals surface area contributed by atoms with E-state index in [4.69, 9.17) is 20.6 Å². The molecular weight excluding hydrogens is 532 g/mol. The minimum absolute atomic E-state index is 0.0437. The molecule has 4 aromatic rings. The highest BCUT2D eigenvalue weighted by Crippen LogP contribution is 2.40. The fourth-order valence-corrected chi connectivity index (χ4v) is 4.91. The number of carboxylic acids is 1. The number of carbonyl (C=O) groups excluding carboxylic acids is 2. The number of nitrogens with zero attached hydrogens (tertiary/aromatic N) is 1.